The number of thioether (sulfide) groups is 1. The zero-order valence-electron chi connectivity index (χ0n) is 17.0. The van der Waals surface area contributed by atoms with Gasteiger partial charge in [0.2, 0.25) is 5.91 Å². The zero-order valence-corrected chi connectivity index (χ0v) is 17.8. The van der Waals surface area contributed by atoms with Crippen molar-refractivity contribution in [3.63, 3.8) is 0 Å². The summed E-state index contributed by atoms with van der Waals surface area (Å²) in [6.45, 7) is 7.35. The van der Waals surface area contributed by atoms with E-state index in [1.807, 2.05) is 11.9 Å². The van der Waals surface area contributed by atoms with Crippen molar-refractivity contribution >= 4 is 17.7 Å². The number of aromatic nitrogens is 2. The Balaban J connectivity index is 1.67. The van der Waals surface area contributed by atoms with Gasteiger partial charge in [0.25, 0.3) is 0 Å². The first-order valence-electron chi connectivity index (χ1n) is 10.0. The summed E-state index contributed by atoms with van der Waals surface area (Å²) in [6, 6.07) is 8.76. The van der Waals surface area contributed by atoms with Crippen LogP contribution in [0.25, 0.3) is 0 Å². The van der Waals surface area contributed by atoms with Crippen LogP contribution in [-0.4, -0.2) is 33.2 Å². The lowest BCUT2D eigenvalue weighted by molar-refractivity contribution is -0.129. The number of carbonyl (C=O) groups is 1. The highest BCUT2D eigenvalue weighted by Gasteiger charge is 2.26. The molecule has 0 saturated carbocycles. The summed E-state index contributed by atoms with van der Waals surface area (Å²) in [5, 5.41) is 0.976. The number of unbranched alkanes of at least 4 members (excludes halogenated alkanes) is 1. The van der Waals surface area contributed by atoms with E-state index in [-0.39, 0.29) is 11.9 Å². The molecule has 1 aromatic carbocycles. The molecule has 1 aliphatic carbocycles. The van der Waals surface area contributed by atoms with E-state index >= 15 is 0 Å². The van der Waals surface area contributed by atoms with E-state index in [2.05, 4.69) is 49.6 Å². The highest BCUT2D eigenvalue weighted by molar-refractivity contribution is 7.99. The number of rotatable bonds is 7. The van der Waals surface area contributed by atoms with Crippen molar-refractivity contribution in [1.82, 2.24) is 14.5 Å². The van der Waals surface area contributed by atoms with Crippen LogP contribution in [0.4, 0.5) is 0 Å². The standard InChI is InChI=1S/C22H31N3OS/c1-5-6-14-25-17(3)16(2)23-22(25)27-15-21(26)24(4)20-13-9-11-18-10-7-8-12-19(18)20/h7-8,10,12,20H,5-6,9,11,13-15H2,1-4H3. The van der Waals surface area contributed by atoms with Gasteiger partial charge in [-0.05, 0) is 50.7 Å². The maximum Gasteiger partial charge on any atom is 0.233 e. The first-order valence-corrected chi connectivity index (χ1v) is 11.0. The summed E-state index contributed by atoms with van der Waals surface area (Å²) >= 11 is 1.57. The molecule has 4 nitrogen and oxygen atoms in total. The maximum atomic E-state index is 12.9. The molecule has 5 heteroatoms. The van der Waals surface area contributed by atoms with Gasteiger partial charge in [0.1, 0.15) is 0 Å². The minimum absolute atomic E-state index is 0.182. The van der Waals surface area contributed by atoms with Gasteiger partial charge in [-0.2, -0.15) is 0 Å². The molecule has 0 spiro atoms. The third kappa shape index (κ3) is 4.40. The van der Waals surface area contributed by atoms with E-state index in [1.165, 1.54) is 16.8 Å². The van der Waals surface area contributed by atoms with Gasteiger partial charge in [-0.3, -0.25) is 4.79 Å². The highest BCUT2D eigenvalue weighted by Crippen LogP contribution is 2.34. The molecule has 0 fully saturated rings. The lowest BCUT2D eigenvalue weighted by Gasteiger charge is -2.33. The van der Waals surface area contributed by atoms with Gasteiger partial charge in [0, 0.05) is 19.3 Å². The van der Waals surface area contributed by atoms with E-state index < -0.39 is 0 Å². The molecule has 1 aliphatic rings. The van der Waals surface area contributed by atoms with Crippen LogP contribution in [0.1, 0.15) is 61.2 Å². The van der Waals surface area contributed by atoms with Gasteiger partial charge in [-0.15, -0.1) is 0 Å². The number of nitrogens with zero attached hydrogens (tertiary/aromatic N) is 3. The normalized spacial score (nSPS) is 16.2. The van der Waals surface area contributed by atoms with Gasteiger partial charge in [-0.25, -0.2) is 4.98 Å². The van der Waals surface area contributed by atoms with Gasteiger partial charge < -0.3 is 9.47 Å². The Morgan fingerprint density at radius 3 is 2.89 bits per heavy atom. The van der Waals surface area contributed by atoms with Crippen LogP contribution in [0.15, 0.2) is 29.4 Å². The van der Waals surface area contributed by atoms with Crippen molar-refractivity contribution in [3.8, 4) is 0 Å². The number of aryl methyl sites for hydroxylation is 2. The highest BCUT2D eigenvalue weighted by atomic mass is 32.2. The maximum absolute atomic E-state index is 12.9. The Labute approximate surface area is 167 Å². The van der Waals surface area contributed by atoms with Crippen molar-refractivity contribution in [1.29, 1.82) is 0 Å². The molecule has 0 aliphatic heterocycles. The molecule has 1 unspecified atom stereocenters. The van der Waals surface area contributed by atoms with E-state index in [9.17, 15) is 4.79 Å². The van der Waals surface area contributed by atoms with Crippen LogP contribution >= 0.6 is 11.8 Å². The predicted octanol–water partition coefficient (Wildman–Crippen LogP) is 4.93. The summed E-state index contributed by atoms with van der Waals surface area (Å²) < 4.78 is 2.27. The molecule has 2 aromatic rings. The number of imidazole rings is 1. The minimum Gasteiger partial charge on any atom is -0.338 e. The molecule has 0 N–H and O–H groups in total. The van der Waals surface area contributed by atoms with E-state index in [4.69, 9.17) is 4.98 Å². The Bertz CT molecular complexity index is 799. The quantitative estimate of drug-likeness (QED) is 0.634. The summed E-state index contributed by atoms with van der Waals surface area (Å²) in [7, 11) is 1.95. The molecule has 1 aromatic heterocycles. The van der Waals surface area contributed by atoms with Crippen molar-refractivity contribution < 1.29 is 4.79 Å². The Morgan fingerprint density at radius 2 is 2.11 bits per heavy atom. The predicted molar refractivity (Wildman–Crippen MR) is 112 cm³/mol. The molecule has 146 valence electrons. The largest absolute Gasteiger partial charge is 0.338 e. The van der Waals surface area contributed by atoms with Crippen LogP contribution < -0.4 is 0 Å². The third-order valence-corrected chi connectivity index (χ3v) is 6.64. The Morgan fingerprint density at radius 1 is 1.33 bits per heavy atom. The van der Waals surface area contributed by atoms with Crippen molar-refractivity contribution in [3.05, 3.63) is 46.8 Å². The smallest absolute Gasteiger partial charge is 0.233 e. The number of fused-ring (bicyclic) bond motifs is 1. The van der Waals surface area contributed by atoms with Crippen molar-refractivity contribution in [2.24, 2.45) is 0 Å². The topological polar surface area (TPSA) is 38.1 Å². The van der Waals surface area contributed by atoms with E-state index in [0.717, 1.165) is 49.5 Å². The van der Waals surface area contributed by atoms with Crippen LogP contribution in [0.2, 0.25) is 0 Å². The SMILES string of the molecule is CCCCn1c(SCC(=O)N(C)C2CCCc3ccccc32)nc(C)c1C. The van der Waals surface area contributed by atoms with Gasteiger partial charge in [0.15, 0.2) is 5.16 Å². The fourth-order valence-electron chi connectivity index (χ4n) is 3.85. The van der Waals surface area contributed by atoms with E-state index in [0.29, 0.717) is 5.75 Å². The number of hydrogen-bond acceptors (Lipinski definition) is 3. The summed E-state index contributed by atoms with van der Waals surface area (Å²) in [4.78, 5) is 19.6. The Kier molecular flexibility index (Phi) is 6.64. The monoisotopic (exact) mass is 385 g/mol. The molecule has 0 saturated heterocycles. The molecule has 27 heavy (non-hydrogen) atoms. The lowest BCUT2D eigenvalue weighted by Crippen LogP contribution is -2.34. The number of benzene rings is 1. The average molecular weight is 386 g/mol. The Hall–Kier alpha value is -1.75. The average Bonchev–Trinajstić information content (AvgIpc) is 2.96. The zero-order chi connectivity index (χ0) is 19.4. The second kappa shape index (κ2) is 8.96. The first kappa shape index (κ1) is 20.0. The van der Waals surface area contributed by atoms with Gasteiger partial charge >= 0.3 is 0 Å². The third-order valence-electron chi connectivity index (χ3n) is 5.68. The first-order chi connectivity index (χ1) is 13.0. The van der Waals surface area contributed by atoms with Gasteiger partial charge in [0.05, 0.1) is 17.5 Å². The van der Waals surface area contributed by atoms with E-state index in [1.54, 1.807) is 11.8 Å². The molecule has 1 atom stereocenters. The second-order valence-electron chi connectivity index (χ2n) is 7.47. The fraction of sp³-hybridized carbons (Fsp3) is 0.545. The number of carbonyl (C=O) groups excluding carboxylic acids is 1. The second-order valence-corrected chi connectivity index (χ2v) is 8.41. The summed E-state index contributed by atoms with van der Waals surface area (Å²) in [5.74, 6) is 0.624. The molecule has 0 radical (unpaired) electrons. The minimum atomic E-state index is 0.182. The van der Waals surface area contributed by atoms with Crippen LogP contribution in [0.3, 0.4) is 0 Å². The summed E-state index contributed by atoms with van der Waals surface area (Å²) in [5.41, 5.74) is 4.99. The molecular weight excluding hydrogens is 354 g/mol. The van der Waals surface area contributed by atoms with Crippen LogP contribution in [0.5, 0.6) is 0 Å². The molecule has 0 bridgehead atoms. The number of hydrogen-bond donors (Lipinski definition) is 0. The van der Waals surface area contributed by atoms with Crippen molar-refractivity contribution in [2.75, 3.05) is 12.8 Å². The fourth-order valence-corrected chi connectivity index (χ4v) is 4.89. The lowest BCUT2D eigenvalue weighted by atomic mass is 9.87. The molecular formula is C22H31N3OS. The van der Waals surface area contributed by atoms with Gasteiger partial charge in [-0.1, -0.05) is 49.4 Å². The van der Waals surface area contributed by atoms with Crippen LogP contribution in [-0.2, 0) is 17.8 Å². The van der Waals surface area contributed by atoms with Crippen molar-refractivity contribution in [2.45, 2.75) is 70.6 Å². The molecule has 1 heterocycles. The summed E-state index contributed by atoms with van der Waals surface area (Å²) in [6.07, 6.45) is 5.61. The van der Waals surface area contributed by atoms with Crippen LogP contribution in [0, 0.1) is 13.8 Å². The number of amides is 1. The molecule has 3 rings (SSSR count). The molecule has 1 amide bonds.